The van der Waals surface area contributed by atoms with E-state index in [1.807, 2.05) is 18.2 Å². The molecule has 10 heteroatoms. The Labute approximate surface area is 201 Å². The molecule has 1 aliphatic rings. The van der Waals surface area contributed by atoms with E-state index in [0.29, 0.717) is 28.6 Å². The van der Waals surface area contributed by atoms with Gasteiger partial charge in [-0.2, -0.15) is 4.98 Å². The van der Waals surface area contributed by atoms with Crippen LogP contribution in [0.15, 0.2) is 35.3 Å². The van der Waals surface area contributed by atoms with Gasteiger partial charge in [0.1, 0.15) is 5.02 Å². The zero-order valence-electron chi connectivity index (χ0n) is 19.2. The highest BCUT2D eigenvalue weighted by molar-refractivity contribution is 7.90. The fourth-order valence-corrected chi connectivity index (χ4v) is 4.77. The Bertz CT molecular complexity index is 1210. The zero-order valence-corrected chi connectivity index (χ0v) is 20.7. The highest BCUT2D eigenvalue weighted by Crippen LogP contribution is 2.29. The van der Waals surface area contributed by atoms with Crippen LogP contribution < -0.4 is 20.5 Å². The first kappa shape index (κ1) is 23.7. The molecule has 1 aliphatic heterocycles. The molecule has 0 bridgehead atoms. The van der Waals surface area contributed by atoms with Crippen molar-refractivity contribution in [1.82, 2.24) is 14.5 Å². The van der Waals surface area contributed by atoms with E-state index < -0.39 is 11.2 Å². The second-order valence-electron chi connectivity index (χ2n) is 8.82. The Balaban J connectivity index is 1.63. The van der Waals surface area contributed by atoms with Crippen molar-refractivity contribution in [3.8, 4) is 5.75 Å². The molecule has 0 amide bonds. The topological polar surface area (TPSA) is 95.3 Å². The van der Waals surface area contributed by atoms with Crippen molar-refractivity contribution in [3.05, 3.63) is 45.8 Å². The summed E-state index contributed by atoms with van der Waals surface area (Å²) in [7, 11) is 1.68. The van der Waals surface area contributed by atoms with E-state index in [2.05, 4.69) is 29.0 Å². The maximum Gasteiger partial charge on any atom is 0.293 e. The number of aromatic nitrogens is 3. The standard InChI is InChI=1S/C23H28ClN5O3S/c1-14-7-15(2)12-29(11-14)23-25-10-18(24)21(27-23)26-17-5-6-19-16(8-17)9-20(22(30)28(19)3)32-13-33(4)31/h5-6,8-10,14-15H,7,11-13H2,1-4H3,(H,25,26,27)/t14-,15+,33?. The average molecular weight is 490 g/mol. The summed E-state index contributed by atoms with van der Waals surface area (Å²) in [5.41, 5.74) is 1.24. The van der Waals surface area contributed by atoms with E-state index in [1.165, 1.54) is 17.2 Å². The first-order valence-electron chi connectivity index (χ1n) is 10.8. The highest BCUT2D eigenvalue weighted by Gasteiger charge is 2.24. The minimum atomic E-state index is -1.17. The van der Waals surface area contributed by atoms with Crippen LogP contribution in [0.4, 0.5) is 17.5 Å². The Morgan fingerprint density at radius 2 is 2.00 bits per heavy atom. The molecule has 2 aromatic heterocycles. The third kappa shape index (κ3) is 5.37. The number of aryl methyl sites for hydroxylation is 1. The molecule has 1 fully saturated rings. The first-order chi connectivity index (χ1) is 15.7. The van der Waals surface area contributed by atoms with Gasteiger partial charge in [-0.3, -0.25) is 4.79 Å². The number of halogens is 1. The molecule has 1 unspecified atom stereocenters. The summed E-state index contributed by atoms with van der Waals surface area (Å²) in [6, 6.07) is 7.28. The van der Waals surface area contributed by atoms with Crippen LogP contribution in [0, 0.1) is 11.8 Å². The molecule has 4 rings (SSSR count). The summed E-state index contributed by atoms with van der Waals surface area (Å²) in [5.74, 6) is 2.47. The summed E-state index contributed by atoms with van der Waals surface area (Å²) in [6.45, 7) is 6.33. The smallest absolute Gasteiger partial charge is 0.293 e. The number of fused-ring (bicyclic) bond motifs is 1. The van der Waals surface area contributed by atoms with Crippen LogP contribution in [0.2, 0.25) is 5.02 Å². The number of ether oxygens (including phenoxy) is 1. The SMILES string of the molecule is C[C@@H]1C[C@H](C)CN(c2ncc(Cl)c(Nc3ccc4c(c3)cc(OC[S+](C)[O-])c(=O)n4C)n2)C1. The first-order valence-corrected chi connectivity index (χ1v) is 12.9. The number of hydrogen-bond acceptors (Lipinski definition) is 7. The summed E-state index contributed by atoms with van der Waals surface area (Å²) in [4.78, 5) is 23.9. The molecule has 3 atom stereocenters. The van der Waals surface area contributed by atoms with Crippen molar-refractivity contribution in [2.24, 2.45) is 18.9 Å². The summed E-state index contributed by atoms with van der Waals surface area (Å²) >= 11 is 5.23. The molecule has 0 saturated carbocycles. The highest BCUT2D eigenvalue weighted by atomic mass is 35.5. The van der Waals surface area contributed by atoms with Gasteiger partial charge in [-0.05, 0) is 53.7 Å². The maximum atomic E-state index is 12.5. The van der Waals surface area contributed by atoms with Gasteiger partial charge >= 0.3 is 0 Å². The number of anilines is 3. The lowest BCUT2D eigenvalue weighted by Gasteiger charge is -2.35. The molecule has 0 radical (unpaired) electrons. The fourth-order valence-electron chi connectivity index (χ4n) is 4.34. The number of hydrogen-bond donors (Lipinski definition) is 1. The number of nitrogens with one attached hydrogen (secondary N) is 1. The van der Waals surface area contributed by atoms with Crippen LogP contribution in [0.25, 0.3) is 10.9 Å². The molecule has 3 aromatic rings. The van der Waals surface area contributed by atoms with E-state index in [9.17, 15) is 9.35 Å². The Hall–Kier alpha value is -2.49. The van der Waals surface area contributed by atoms with Gasteiger partial charge in [0, 0.05) is 31.2 Å². The minimum absolute atomic E-state index is 0.0360. The van der Waals surface area contributed by atoms with Crippen LogP contribution in [-0.4, -0.2) is 44.4 Å². The summed E-state index contributed by atoms with van der Waals surface area (Å²) in [5, 5.41) is 4.50. The van der Waals surface area contributed by atoms with Crippen molar-refractivity contribution in [2.45, 2.75) is 20.3 Å². The van der Waals surface area contributed by atoms with Crippen molar-refractivity contribution in [1.29, 1.82) is 0 Å². The average Bonchev–Trinajstić information content (AvgIpc) is 2.76. The molecule has 33 heavy (non-hydrogen) atoms. The van der Waals surface area contributed by atoms with Crippen molar-refractivity contribution >= 4 is 51.1 Å². The quantitative estimate of drug-likeness (QED) is 0.524. The lowest BCUT2D eigenvalue weighted by molar-refractivity contribution is 0.353. The third-order valence-electron chi connectivity index (χ3n) is 5.72. The maximum absolute atomic E-state index is 12.5. The molecule has 3 heterocycles. The predicted octanol–water partition coefficient (Wildman–Crippen LogP) is 3.92. The van der Waals surface area contributed by atoms with Gasteiger partial charge in [0.2, 0.25) is 11.9 Å². The van der Waals surface area contributed by atoms with E-state index in [4.69, 9.17) is 21.3 Å². The molecule has 8 nitrogen and oxygen atoms in total. The van der Waals surface area contributed by atoms with Gasteiger partial charge < -0.3 is 24.1 Å². The molecule has 0 spiro atoms. The van der Waals surface area contributed by atoms with E-state index in [-0.39, 0.29) is 17.2 Å². The van der Waals surface area contributed by atoms with Crippen LogP contribution >= 0.6 is 11.6 Å². The number of benzene rings is 1. The fraction of sp³-hybridized carbons (Fsp3) is 0.435. The molecule has 1 saturated heterocycles. The monoisotopic (exact) mass is 489 g/mol. The minimum Gasteiger partial charge on any atom is -0.614 e. The third-order valence-corrected chi connectivity index (χ3v) is 6.44. The van der Waals surface area contributed by atoms with Gasteiger partial charge in [0.05, 0.1) is 18.0 Å². The number of piperidine rings is 1. The molecule has 0 aliphatic carbocycles. The van der Waals surface area contributed by atoms with Gasteiger partial charge in [-0.1, -0.05) is 25.4 Å². The van der Waals surface area contributed by atoms with E-state index in [1.54, 1.807) is 19.3 Å². The van der Waals surface area contributed by atoms with Crippen LogP contribution in [-0.2, 0) is 18.2 Å². The van der Waals surface area contributed by atoms with Gasteiger partial charge in [0.25, 0.3) is 5.56 Å². The van der Waals surface area contributed by atoms with E-state index in [0.717, 1.165) is 29.7 Å². The lowest BCUT2D eigenvalue weighted by atomic mass is 9.92. The molecule has 1 N–H and O–H groups in total. The summed E-state index contributed by atoms with van der Waals surface area (Å²) in [6.07, 6.45) is 4.35. The predicted molar refractivity (Wildman–Crippen MR) is 134 cm³/mol. The molecule has 176 valence electrons. The zero-order chi connectivity index (χ0) is 23.7. The second-order valence-corrected chi connectivity index (χ2v) is 10.6. The summed E-state index contributed by atoms with van der Waals surface area (Å²) < 4.78 is 18.4. The largest absolute Gasteiger partial charge is 0.614 e. The van der Waals surface area contributed by atoms with Gasteiger partial charge in [-0.15, -0.1) is 0 Å². The Morgan fingerprint density at radius 3 is 2.70 bits per heavy atom. The number of nitrogens with zero attached hydrogens (tertiary/aromatic N) is 4. The normalized spacial score (nSPS) is 19.5. The second kappa shape index (κ2) is 9.79. The number of rotatable bonds is 6. The molecular weight excluding hydrogens is 462 g/mol. The van der Waals surface area contributed by atoms with Crippen LogP contribution in [0.3, 0.4) is 0 Å². The van der Waals surface area contributed by atoms with Crippen LogP contribution in [0.1, 0.15) is 20.3 Å². The molecule has 1 aromatic carbocycles. The molecular formula is C23H28ClN5O3S. The van der Waals surface area contributed by atoms with Gasteiger partial charge in [0.15, 0.2) is 11.6 Å². The number of pyridine rings is 1. The lowest BCUT2D eigenvalue weighted by Crippen LogP contribution is -2.39. The Morgan fingerprint density at radius 1 is 1.27 bits per heavy atom. The van der Waals surface area contributed by atoms with E-state index >= 15 is 0 Å². The van der Waals surface area contributed by atoms with Gasteiger partial charge in [-0.25, -0.2) is 4.98 Å². The van der Waals surface area contributed by atoms with Crippen molar-refractivity contribution < 1.29 is 9.29 Å². The van der Waals surface area contributed by atoms with Crippen LogP contribution in [0.5, 0.6) is 5.75 Å². The van der Waals surface area contributed by atoms with Crippen molar-refractivity contribution in [3.63, 3.8) is 0 Å². The Kier molecular flexibility index (Phi) is 7.02. The van der Waals surface area contributed by atoms with Crippen molar-refractivity contribution in [2.75, 3.05) is 35.5 Å².